The van der Waals surface area contributed by atoms with Gasteiger partial charge in [-0.25, -0.2) is 8.42 Å². The van der Waals surface area contributed by atoms with E-state index in [-0.39, 0.29) is 5.75 Å². The van der Waals surface area contributed by atoms with Crippen molar-refractivity contribution >= 4 is 15.7 Å². The zero-order valence-electron chi connectivity index (χ0n) is 11.1. The fourth-order valence-corrected chi connectivity index (χ4v) is 3.55. The maximum Gasteiger partial charge on any atom is 0.236 e. The molecule has 19 heavy (non-hydrogen) atoms. The first-order chi connectivity index (χ1) is 9.15. The Morgan fingerprint density at radius 1 is 1.37 bits per heavy atom. The third kappa shape index (κ3) is 3.39. The van der Waals surface area contributed by atoms with Crippen molar-refractivity contribution in [1.82, 2.24) is 5.32 Å². The molecular weight excluding hydrogens is 264 g/mol. The average molecular weight is 284 g/mol. The highest BCUT2D eigenvalue weighted by Crippen LogP contribution is 2.32. The molecule has 1 aliphatic heterocycles. The first kappa shape index (κ1) is 14.1. The lowest BCUT2D eigenvalue weighted by Gasteiger charge is -2.23. The lowest BCUT2D eigenvalue weighted by atomic mass is 10.3. The summed E-state index contributed by atoms with van der Waals surface area (Å²) in [6.07, 6.45) is 0.703. The van der Waals surface area contributed by atoms with Crippen LogP contribution >= 0.6 is 0 Å². The Bertz CT molecular complexity index is 516. The summed E-state index contributed by atoms with van der Waals surface area (Å²) in [5, 5.41) is 3.05. The van der Waals surface area contributed by atoms with Crippen LogP contribution in [0.1, 0.15) is 13.3 Å². The van der Waals surface area contributed by atoms with E-state index in [9.17, 15) is 8.42 Å². The van der Waals surface area contributed by atoms with Crippen molar-refractivity contribution in [2.24, 2.45) is 0 Å². The molecule has 6 heteroatoms. The van der Waals surface area contributed by atoms with Gasteiger partial charge in [-0.1, -0.05) is 19.1 Å². The molecule has 0 amide bonds. The van der Waals surface area contributed by atoms with Crippen molar-refractivity contribution in [2.45, 2.75) is 13.3 Å². The minimum absolute atomic E-state index is 0.106. The Labute approximate surface area is 114 Å². The SMILES string of the molecule is CCNCCS(=O)(=O)N1CCCOc2ccccc21. The summed E-state index contributed by atoms with van der Waals surface area (Å²) in [5.41, 5.74) is 0.650. The van der Waals surface area contributed by atoms with Gasteiger partial charge in [0.05, 0.1) is 18.0 Å². The van der Waals surface area contributed by atoms with Crippen molar-refractivity contribution in [2.75, 3.05) is 36.3 Å². The van der Waals surface area contributed by atoms with Gasteiger partial charge in [-0.05, 0) is 18.7 Å². The molecule has 0 bridgehead atoms. The summed E-state index contributed by atoms with van der Waals surface area (Å²) >= 11 is 0. The largest absolute Gasteiger partial charge is 0.491 e. The molecule has 1 N–H and O–H groups in total. The van der Waals surface area contributed by atoms with Crippen molar-refractivity contribution in [3.8, 4) is 5.75 Å². The maximum absolute atomic E-state index is 12.4. The Morgan fingerprint density at radius 3 is 2.95 bits per heavy atom. The van der Waals surface area contributed by atoms with E-state index < -0.39 is 10.0 Å². The number of fused-ring (bicyclic) bond motifs is 1. The fraction of sp³-hybridized carbons (Fsp3) is 0.538. The molecule has 0 atom stereocenters. The quantitative estimate of drug-likeness (QED) is 0.826. The van der Waals surface area contributed by atoms with E-state index >= 15 is 0 Å². The second kappa shape index (κ2) is 6.25. The first-order valence-corrected chi connectivity index (χ1v) is 8.19. The topological polar surface area (TPSA) is 58.6 Å². The van der Waals surface area contributed by atoms with E-state index in [2.05, 4.69) is 5.32 Å². The van der Waals surface area contributed by atoms with Crippen LogP contribution in [0.2, 0.25) is 0 Å². The molecule has 0 aromatic heterocycles. The lowest BCUT2D eigenvalue weighted by molar-refractivity contribution is 0.322. The minimum atomic E-state index is -3.30. The molecule has 5 nitrogen and oxygen atoms in total. The van der Waals surface area contributed by atoms with Gasteiger partial charge in [0, 0.05) is 19.5 Å². The van der Waals surface area contributed by atoms with Crippen LogP contribution in [0.4, 0.5) is 5.69 Å². The van der Waals surface area contributed by atoms with Gasteiger partial charge < -0.3 is 10.1 Å². The second-order valence-corrected chi connectivity index (χ2v) is 6.42. The molecule has 0 fully saturated rings. The highest BCUT2D eigenvalue weighted by atomic mass is 32.2. The first-order valence-electron chi connectivity index (χ1n) is 6.58. The summed E-state index contributed by atoms with van der Waals surface area (Å²) in [6.45, 7) is 4.23. The highest BCUT2D eigenvalue weighted by molar-refractivity contribution is 7.92. The summed E-state index contributed by atoms with van der Waals surface area (Å²) in [5.74, 6) is 0.752. The average Bonchev–Trinajstić information content (AvgIpc) is 2.61. The maximum atomic E-state index is 12.4. The van der Waals surface area contributed by atoms with Crippen LogP contribution in [-0.4, -0.2) is 40.4 Å². The summed E-state index contributed by atoms with van der Waals surface area (Å²) in [4.78, 5) is 0. The fourth-order valence-electron chi connectivity index (χ4n) is 2.07. The molecular formula is C13H20N2O3S. The number of hydrogen-bond acceptors (Lipinski definition) is 4. The molecule has 1 aromatic rings. The van der Waals surface area contributed by atoms with Crippen LogP contribution in [0.5, 0.6) is 5.75 Å². The van der Waals surface area contributed by atoms with Crippen LogP contribution < -0.4 is 14.4 Å². The van der Waals surface area contributed by atoms with Gasteiger partial charge in [0.2, 0.25) is 10.0 Å². The number of nitrogens with one attached hydrogen (secondary N) is 1. The van der Waals surface area contributed by atoms with Gasteiger partial charge in [0.15, 0.2) is 0 Å². The zero-order chi connectivity index (χ0) is 13.7. The van der Waals surface area contributed by atoms with E-state index in [0.717, 1.165) is 6.54 Å². The summed E-state index contributed by atoms with van der Waals surface area (Å²) in [6, 6.07) is 7.30. The molecule has 0 unspecified atom stereocenters. The van der Waals surface area contributed by atoms with Gasteiger partial charge >= 0.3 is 0 Å². The van der Waals surface area contributed by atoms with Crippen molar-refractivity contribution < 1.29 is 13.2 Å². The van der Waals surface area contributed by atoms with E-state index in [1.807, 2.05) is 25.1 Å². The molecule has 2 rings (SSSR count). The summed E-state index contributed by atoms with van der Waals surface area (Å²) in [7, 11) is -3.30. The van der Waals surface area contributed by atoms with E-state index in [0.29, 0.717) is 37.6 Å². The molecule has 0 saturated heterocycles. The van der Waals surface area contributed by atoms with Gasteiger partial charge in [-0.15, -0.1) is 0 Å². The molecule has 0 spiro atoms. The number of rotatable bonds is 5. The molecule has 106 valence electrons. The van der Waals surface area contributed by atoms with Gasteiger partial charge in [0.25, 0.3) is 0 Å². The van der Waals surface area contributed by atoms with Crippen molar-refractivity contribution in [3.63, 3.8) is 0 Å². The number of hydrogen-bond donors (Lipinski definition) is 1. The predicted octanol–water partition coefficient (Wildman–Crippen LogP) is 1.21. The Balaban J connectivity index is 2.23. The predicted molar refractivity (Wildman–Crippen MR) is 76.2 cm³/mol. The molecule has 0 aliphatic carbocycles. The summed E-state index contributed by atoms with van der Waals surface area (Å²) < 4.78 is 31.9. The number of benzene rings is 1. The third-order valence-corrected chi connectivity index (χ3v) is 4.79. The van der Waals surface area contributed by atoms with Crippen molar-refractivity contribution in [3.05, 3.63) is 24.3 Å². The smallest absolute Gasteiger partial charge is 0.236 e. The van der Waals surface area contributed by atoms with E-state index in [1.54, 1.807) is 6.07 Å². The van der Waals surface area contributed by atoms with Gasteiger partial charge in [-0.3, -0.25) is 4.31 Å². The monoisotopic (exact) mass is 284 g/mol. The molecule has 1 heterocycles. The van der Waals surface area contributed by atoms with Crippen LogP contribution in [0.25, 0.3) is 0 Å². The Kier molecular flexibility index (Phi) is 4.66. The van der Waals surface area contributed by atoms with Crippen molar-refractivity contribution in [1.29, 1.82) is 0 Å². The number of ether oxygens (including phenoxy) is 1. The van der Waals surface area contributed by atoms with Gasteiger partial charge in [0.1, 0.15) is 5.75 Å². The van der Waals surface area contributed by atoms with Crippen LogP contribution in [0.15, 0.2) is 24.3 Å². The Hall–Kier alpha value is -1.27. The number of nitrogens with zero attached hydrogens (tertiary/aromatic N) is 1. The number of para-hydroxylation sites is 2. The minimum Gasteiger partial charge on any atom is -0.491 e. The van der Waals surface area contributed by atoms with Crippen LogP contribution in [0.3, 0.4) is 0 Å². The molecule has 1 aliphatic rings. The molecule has 1 aromatic carbocycles. The second-order valence-electron chi connectivity index (χ2n) is 4.41. The molecule has 0 saturated carbocycles. The number of sulfonamides is 1. The standard InChI is InChI=1S/C13H20N2O3S/c1-2-14-8-11-19(16,17)15-9-5-10-18-13-7-4-3-6-12(13)15/h3-4,6-7,14H,2,5,8-11H2,1H3. The highest BCUT2D eigenvalue weighted by Gasteiger charge is 2.26. The van der Waals surface area contributed by atoms with Crippen LogP contribution in [0, 0.1) is 0 Å². The number of anilines is 1. The normalized spacial score (nSPS) is 15.5. The van der Waals surface area contributed by atoms with Crippen LogP contribution in [-0.2, 0) is 10.0 Å². The van der Waals surface area contributed by atoms with E-state index in [4.69, 9.17) is 4.74 Å². The third-order valence-electron chi connectivity index (χ3n) is 3.02. The Morgan fingerprint density at radius 2 is 2.16 bits per heavy atom. The zero-order valence-corrected chi connectivity index (χ0v) is 11.9. The van der Waals surface area contributed by atoms with E-state index in [1.165, 1.54) is 4.31 Å². The molecule has 0 radical (unpaired) electrons. The lowest BCUT2D eigenvalue weighted by Crippen LogP contribution is -2.36. The van der Waals surface area contributed by atoms with Gasteiger partial charge in [-0.2, -0.15) is 0 Å².